The summed E-state index contributed by atoms with van der Waals surface area (Å²) >= 11 is 0. The monoisotopic (exact) mass is 643 g/mol. The van der Waals surface area contributed by atoms with Crippen molar-refractivity contribution in [2.75, 3.05) is 0 Å². The van der Waals surface area contributed by atoms with E-state index in [4.69, 9.17) is 4.42 Å². The molecule has 0 radical (unpaired) electrons. The Kier molecular flexibility index (Phi) is 8.36. The van der Waals surface area contributed by atoms with Crippen molar-refractivity contribution in [2.45, 2.75) is 43.0 Å². The fourth-order valence-electron chi connectivity index (χ4n) is 5.58. The molecular formula is C33H29N3O7S2. The van der Waals surface area contributed by atoms with Crippen LogP contribution in [0.2, 0.25) is 0 Å². The number of hydrogen-bond donors (Lipinski definition) is 2. The molecule has 4 aromatic carbocycles. The molecule has 1 aliphatic carbocycles. The predicted octanol–water partition coefficient (Wildman–Crippen LogP) is 6.27. The maximum atomic E-state index is 13.1. The second-order valence-electron chi connectivity index (χ2n) is 10.9. The second kappa shape index (κ2) is 12.4. The van der Waals surface area contributed by atoms with Gasteiger partial charge in [-0.15, -0.1) is 4.36 Å². The number of benzene rings is 4. The lowest BCUT2D eigenvalue weighted by Crippen LogP contribution is -2.29. The number of nitrogens with zero attached hydrogens (tertiary/aromatic N) is 2. The van der Waals surface area contributed by atoms with E-state index in [0.717, 1.165) is 18.4 Å². The van der Waals surface area contributed by atoms with E-state index in [9.17, 15) is 26.7 Å². The lowest BCUT2D eigenvalue weighted by atomic mass is 9.87. The van der Waals surface area contributed by atoms with E-state index >= 15 is 0 Å². The third-order valence-electron chi connectivity index (χ3n) is 7.90. The van der Waals surface area contributed by atoms with Crippen LogP contribution in [-0.4, -0.2) is 26.9 Å². The highest BCUT2D eigenvalue weighted by Gasteiger charge is 2.38. The van der Waals surface area contributed by atoms with E-state index < -0.39 is 38.1 Å². The Morgan fingerprint density at radius 1 is 1.00 bits per heavy atom. The van der Waals surface area contributed by atoms with E-state index in [2.05, 4.69) is 44.4 Å². The van der Waals surface area contributed by atoms with Gasteiger partial charge in [0.2, 0.25) is 10.0 Å². The molecule has 45 heavy (non-hydrogen) atoms. The van der Waals surface area contributed by atoms with Crippen LogP contribution >= 0.6 is 0 Å². The van der Waals surface area contributed by atoms with Gasteiger partial charge in [-0.3, -0.25) is 0 Å². The topological polar surface area (TPSA) is 156 Å². The number of fused-ring (bicyclic) bond motifs is 1. The Morgan fingerprint density at radius 2 is 1.76 bits per heavy atom. The number of rotatable bonds is 9. The molecule has 4 bridgehead atoms. The molecule has 2 atom stereocenters. The van der Waals surface area contributed by atoms with E-state index in [0.29, 0.717) is 5.56 Å². The summed E-state index contributed by atoms with van der Waals surface area (Å²) in [5, 5.41) is 13.5. The van der Waals surface area contributed by atoms with Gasteiger partial charge in [-0.1, -0.05) is 61.5 Å². The molecule has 12 heteroatoms. The summed E-state index contributed by atoms with van der Waals surface area (Å²) in [6, 6.07) is 25.1. The number of nitrogens with one attached hydrogen (secondary N) is 1. The minimum Gasteiger partial charge on any atom is -0.507 e. The summed E-state index contributed by atoms with van der Waals surface area (Å²) in [5.41, 5.74) is 2.44. The summed E-state index contributed by atoms with van der Waals surface area (Å²) in [5.74, 6) is -0.753. The highest BCUT2D eigenvalue weighted by Crippen LogP contribution is 2.48. The first kappa shape index (κ1) is 30.4. The Labute approximate surface area is 260 Å². The largest absolute Gasteiger partial charge is 0.507 e. The van der Waals surface area contributed by atoms with Crippen LogP contribution in [-0.2, 0) is 20.5 Å². The van der Waals surface area contributed by atoms with Gasteiger partial charge in [-0.05, 0) is 61.1 Å². The number of sulfonamides is 1. The van der Waals surface area contributed by atoms with E-state index in [1.54, 1.807) is 43.3 Å². The van der Waals surface area contributed by atoms with Gasteiger partial charge >= 0.3 is 16.1 Å². The SMILES string of the molecule is CCC(NS(=O)(=O)c1ccccc1)c1cc(O)c(C(c2cccc(N=S(=O)=O)c2)C2CC2)c(=O)o1.c1cc2ccc3c(c1)c2N=3. The van der Waals surface area contributed by atoms with Crippen molar-refractivity contribution < 1.29 is 26.4 Å². The van der Waals surface area contributed by atoms with Crippen molar-refractivity contribution in [3.05, 3.63) is 118 Å². The fourth-order valence-corrected chi connectivity index (χ4v) is 7.17. The number of aromatic hydroxyl groups is 1. The Balaban J connectivity index is 0.000000296. The van der Waals surface area contributed by atoms with Crippen LogP contribution in [0.15, 0.2) is 109 Å². The molecule has 3 aromatic heterocycles. The molecule has 3 heterocycles. The molecule has 1 aliphatic rings. The minimum absolute atomic E-state index is 0.00157. The van der Waals surface area contributed by atoms with Gasteiger partial charge in [0, 0.05) is 22.8 Å². The highest BCUT2D eigenvalue weighted by molar-refractivity contribution is 7.89. The first-order chi connectivity index (χ1) is 21.6. The number of aromatic nitrogens is 1. The van der Waals surface area contributed by atoms with Gasteiger partial charge in [0.25, 0.3) is 0 Å². The van der Waals surface area contributed by atoms with Gasteiger partial charge in [0.1, 0.15) is 11.5 Å². The Bertz CT molecular complexity index is 2220. The van der Waals surface area contributed by atoms with Crippen LogP contribution in [0.4, 0.5) is 5.69 Å². The molecule has 1 fully saturated rings. The summed E-state index contributed by atoms with van der Waals surface area (Å²) < 4.78 is 59.1. The first-order valence-electron chi connectivity index (χ1n) is 14.4. The summed E-state index contributed by atoms with van der Waals surface area (Å²) in [4.78, 5) is 17.5. The van der Waals surface area contributed by atoms with Crippen LogP contribution < -0.4 is 10.3 Å². The zero-order valence-electron chi connectivity index (χ0n) is 24.1. The standard InChI is InChI=1S/C24H24N2O7S2.C9H5N/c1-2-19(26-35(31,32)18-9-4-3-5-10-18)21-14-20(27)23(24(28)33-21)22(15-11-12-15)16-7-6-8-17(13-16)25-34(29)30;1-2-6-4-5-8-7(3-1)9(6)10-8/h3-10,13-15,19,22,26-27H,2,11-12H2,1H3;1-5H. The van der Waals surface area contributed by atoms with E-state index in [1.165, 1.54) is 40.6 Å². The third-order valence-corrected chi connectivity index (χ3v) is 9.75. The highest BCUT2D eigenvalue weighted by atomic mass is 32.2. The maximum absolute atomic E-state index is 13.1. The number of pyridine rings is 1. The molecule has 0 spiro atoms. The quantitative estimate of drug-likeness (QED) is 0.187. The normalized spacial score (nSPS) is 14.6. The van der Waals surface area contributed by atoms with Crippen molar-refractivity contribution in [2.24, 2.45) is 10.3 Å². The van der Waals surface area contributed by atoms with Crippen LogP contribution in [0.3, 0.4) is 0 Å². The van der Waals surface area contributed by atoms with Crippen molar-refractivity contribution in [3.8, 4) is 5.75 Å². The first-order valence-corrected chi connectivity index (χ1v) is 16.9. The van der Waals surface area contributed by atoms with Crippen molar-refractivity contribution in [1.82, 2.24) is 9.71 Å². The van der Waals surface area contributed by atoms with Gasteiger partial charge in [0.05, 0.1) is 33.2 Å². The van der Waals surface area contributed by atoms with Gasteiger partial charge in [-0.2, -0.15) is 8.42 Å². The molecule has 230 valence electrons. The van der Waals surface area contributed by atoms with E-state index in [1.807, 2.05) is 0 Å². The molecule has 0 aliphatic heterocycles. The van der Waals surface area contributed by atoms with Gasteiger partial charge in [0.15, 0.2) is 0 Å². The molecule has 0 amide bonds. The summed E-state index contributed by atoms with van der Waals surface area (Å²) in [7, 11) is -6.52. The molecule has 10 nitrogen and oxygen atoms in total. The fraction of sp³-hybridized carbons (Fsp3) is 0.212. The van der Waals surface area contributed by atoms with Gasteiger partial charge < -0.3 is 9.52 Å². The molecule has 8 rings (SSSR count). The van der Waals surface area contributed by atoms with Crippen LogP contribution in [0.5, 0.6) is 5.75 Å². The molecule has 7 aromatic rings. The van der Waals surface area contributed by atoms with Crippen molar-refractivity contribution in [1.29, 1.82) is 0 Å². The predicted molar refractivity (Wildman–Crippen MR) is 170 cm³/mol. The number of hydrogen-bond acceptors (Lipinski definition) is 9. The lowest BCUT2D eigenvalue weighted by Gasteiger charge is -2.20. The number of para-hydroxylation sites is 1. The van der Waals surface area contributed by atoms with Crippen LogP contribution in [0, 0.1) is 5.92 Å². The Hall–Kier alpha value is -4.65. The maximum Gasteiger partial charge on any atom is 0.343 e. The van der Waals surface area contributed by atoms with Gasteiger partial charge in [-0.25, -0.2) is 22.9 Å². The molecule has 2 unspecified atom stereocenters. The van der Waals surface area contributed by atoms with Crippen molar-refractivity contribution in [3.63, 3.8) is 0 Å². The molecule has 2 N–H and O–H groups in total. The molecule has 0 saturated heterocycles. The zero-order chi connectivity index (χ0) is 31.7. The van der Waals surface area contributed by atoms with Crippen LogP contribution in [0.1, 0.15) is 55.0 Å². The smallest absolute Gasteiger partial charge is 0.343 e. The zero-order valence-corrected chi connectivity index (χ0v) is 25.8. The molecule has 1 saturated carbocycles. The Morgan fingerprint density at radius 3 is 2.38 bits per heavy atom. The summed E-state index contributed by atoms with van der Waals surface area (Å²) in [6.07, 6.45) is 1.93. The third kappa shape index (κ3) is 6.44. The second-order valence-corrected chi connectivity index (χ2v) is 13.3. The summed E-state index contributed by atoms with van der Waals surface area (Å²) in [6.45, 7) is 1.73. The van der Waals surface area contributed by atoms with E-state index in [-0.39, 0.29) is 40.0 Å². The minimum atomic E-state index is -3.89. The lowest BCUT2D eigenvalue weighted by molar-refractivity contribution is 0.373. The average Bonchev–Trinajstić information content (AvgIpc) is 3.85. The average molecular weight is 644 g/mol. The van der Waals surface area contributed by atoms with Crippen molar-refractivity contribution >= 4 is 48.0 Å². The van der Waals surface area contributed by atoms with Crippen LogP contribution in [0.25, 0.3) is 21.8 Å². The molecular weight excluding hydrogens is 615 g/mol.